The molecule has 2 rings (SSSR count). The quantitative estimate of drug-likeness (QED) is 0.691. The molecule has 1 atom stereocenters. The monoisotopic (exact) mass is 228 g/mol. The molecule has 0 aromatic carbocycles. The standard InChI is InChI=1S/C11H20N2O3/c1-15-11(3-2-4-11)8-13-10(14)9-7-16-6-5-12-9/h9,12H,2-8H2,1H3,(H,13,14). The van der Waals surface area contributed by atoms with Gasteiger partial charge in [0.25, 0.3) is 0 Å². The average molecular weight is 228 g/mol. The lowest BCUT2D eigenvalue weighted by atomic mass is 9.80. The second kappa shape index (κ2) is 5.12. The number of ether oxygens (including phenoxy) is 2. The largest absolute Gasteiger partial charge is 0.378 e. The highest BCUT2D eigenvalue weighted by atomic mass is 16.5. The molecule has 5 heteroatoms. The van der Waals surface area contributed by atoms with Crippen LogP contribution in [0.15, 0.2) is 0 Å². The lowest BCUT2D eigenvalue weighted by molar-refractivity contribution is -0.129. The highest BCUT2D eigenvalue weighted by Gasteiger charge is 2.37. The summed E-state index contributed by atoms with van der Waals surface area (Å²) < 4.78 is 10.7. The summed E-state index contributed by atoms with van der Waals surface area (Å²) >= 11 is 0. The molecule has 16 heavy (non-hydrogen) atoms. The van der Waals surface area contributed by atoms with E-state index in [4.69, 9.17) is 9.47 Å². The summed E-state index contributed by atoms with van der Waals surface area (Å²) in [4.78, 5) is 11.8. The summed E-state index contributed by atoms with van der Waals surface area (Å²) in [7, 11) is 1.72. The number of rotatable bonds is 4. The lowest BCUT2D eigenvalue weighted by Gasteiger charge is -2.40. The Morgan fingerprint density at radius 1 is 1.62 bits per heavy atom. The van der Waals surface area contributed by atoms with Crippen molar-refractivity contribution in [2.24, 2.45) is 0 Å². The number of nitrogens with one attached hydrogen (secondary N) is 2. The molecule has 0 radical (unpaired) electrons. The first-order valence-corrected chi connectivity index (χ1v) is 5.90. The van der Waals surface area contributed by atoms with Crippen molar-refractivity contribution in [3.63, 3.8) is 0 Å². The van der Waals surface area contributed by atoms with Crippen molar-refractivity contribution in [3.8, 4) is 0 Å². The minimum atomic E-state index is -0.206. The number of hydrogen-bond donors (Lipinski definition) is 2. The van der Waals surface area contributed by atoms with Crippen LogP contribution in [0.3, 0.4) is 0 Å². The summed E-state index contributed by atoms with van der Waals surface area (Å²) in [5.74, 6) is 0.0167. The van der Waals surface area contributed by atoms with Crippen LogP contribution in [-0.4, -0.2) is 51.0 Å². The third kappa shape index (κ3) is 2.53. The van der Waals surface area contributed by atoms with Gasteiger partial charge >= 0.3 is 0 Å². The van der Waals surface area contributed by atoms with Crippen LogP contribution in [0.2, 0.25) is 0 Å². The first-order valence-electron chi connectivity index (χ1n) is 5.90. The molecule has 0 spiro atoms. The number of carbonyl (C=O) groups is 1. The molecule has 5 nitrogen and oxygen atoms in total. The Bertz CT molecular complexity index is 242. The van der Waals surface area contributed by atoms with Crippen molar-refractivity contribution < 1.29 is 14.3 Å². The van der Waals surface area contributed by atoms with Crippen molar-refractivity contribution in [2.75, 3.05) is 33.4 Å². The SMILES string of the molecule is COC1(CNC(=O)C2COCCN2)CCC1. The second-order valence-electron chi connectivity index (χ2n) is 4.54. The molecule has 0 aromatic rings. The fourth-order valence-corrected chi connectivity index (χ4v) is 2.13. The highest BCUT2D eigenvalue weighted by molar-refractivity contribution is 5.82. The van der Waals surface area contributed by atoms with E-state index < -0.39 is 0 Å². The van der Waals surface area contributed by atoms with Crippen LogP contribution in [0, 0.1) is 0 Å². The Balaban J connectivity index is 1.74. The Hall–Kier alpha value is -0.650. The molecule has 0 aromatic heterocycles. The minimum Gasteiger partial charge on any atom is -0.378 e. The molecule has 1 aliphatic carbocycles. The van der Waals surface area contributed by atoms with E-state index in [0.29, 0.717) is 19.8 Å². The van der Waals surface area contributed by atoms with Crippen molar-refractivity contribution >= 4 is 5.91 Å². The van der Waals surface area contributed by atoms with E-state index in [-0.39, 0.29) is 17.6 Å². The molecule has 2 aliphatic rings. The van der Waals surface area contributed by atoms with Gasteiger partial charge in [0, 0.05) is 20.2 Å². The molecule has 2 N–H and O–H groups in total. The van der Waals surface area contributed by atoms with Gasteiger partial charge in [0.15, 0.2) is 0 Å². The Labute approximate surface area is 95.9 Å². The van der Waals surface area contributed by atoms with Crippen molar-refractivity contribution in [1.82, 2.24) is 10.6 Å². The summed E-state index contributed by atoms with van der Waals surface area (Å²) in [6, 6.07) is -0.206. The predicted octanol–water partition coefficient (Wildman–Crippen LogP) is -0.340. The van der Waals surface area contributed by atoms with Gasteiger partial charge in [-0.3, -0.25) is 4.79 Å². The van der Waals surface area contributed by atoms with Crippen LogP contribution in [-0.2, 0) is 14.3 Å². The Kier molecular flexibility index (Phi) is 3.78. The van der Waals surface area contributed by atoms with Crippen molar-refractivity contribution in [3.05, 3.63) is 0 Å². The van der Waals surface area contributed by atoms with Crippen LogP contribution in [0.1, 0.15) is 19.3 Å². The van der Waals surface area contributed by atoms with Crippen LogP contribution in [0.25, 0.3) is 0 Å². The smallest absolute Gasteiger partial charge is 0.239 e. The summed E-state index contributed by atoms with van der Waals surface area (Å²) in [6.45, 7) is 2.51. The molecule has 1 saturated carbocycles. The van der Waals surface area contributed by atoms with Crippen LogP contribution in [0.4, 0.5) is 0 Å². The molecule has 92 valence electrons. The Morgan fingerprint density at radius 3 is 2.94 bits per heavy atom. The molecule has 1 heterocycles. The third-order valence-electron chi connectivity index (χ3n) is 3.52. The first-order chi connectivity index (χ1) is 7.76. The lowest BCUT2D eigenvalue weighted by Crippen LogP contribution is -2.55. The van der Waals surface area contributed by atoms with E-state index in [9.17, 15) is 4.79 Å². The number of methoxy groups -OCH3 is 1. The van der Waals surface area contributed by atoms with E-state index >= 15 is 0 Å². The van der Waals surface area contributed by atoms with E-state index in [1.54, 1.807) is 7.11 Å². The molecular weight excluding hydrogens is 208 g/mol. The fourth-order valence-electron chi connectivity index (χ4n) is 2.13. The average Bonchev–Trinajstić information content (AvgIpc) is 2.29. The van der Waals surface area contributed by atoms with E-state index in [1.165, 1.54) is 6.42 Å². The molecule has 2 fully saturated rings. The van der Waals surface area contributed by atoms with Gasteiger partial charge < -0.3 is 20.1 Å². The summed E-state index contributed by atoms with van der Waals surface area (Å²) in [5.41, 5.74) is -0.106. The van der Waals surface area contributed by atoms with Gasteiger partial charge in [-0.05, 0) is 19.3 Å². The van der Waals surface area contributed by atoms with Gasteiger partial charge in [0.05, 0.1) is 18.8 Å². The zero-order chi connectivity index (χ0) is 11.4. The van der Waals surface area contributed by atoms with Crippen LogP contribution < -0.4 is 10.6 Å². The minimum absolute atomic E-state index is 0.0167. The molecule has 1 aliphatic heterocycles. The van der Waals surface area contributed by atoms with Crippen LogP contribution >= 0.6 is 0 Å². The van der Waals surface area contributed by atoms with Crippen molar-refractivity contribution in [1.29, 1.82) is 0 Å². The van der Waals surface area contributed by atoms with Crippen molar-refractivity contribution in [2.45, 2.75) is 30.9 Å². The zero-order valence-corrected chi connectivity index (χ0v) is 9.75. The summed E-state index contributed by atoms with van der Waals surface area (Å²) in [5, 5.41) is 6.07. The first kappa shape index (κ1) is 11.8. The topological polar surface area (TPSA) is 59.6 Å². The number of carbonyl (C=O) groups excluding carboxylic acids is 1. The van der Waals surface area contributed by atoms with Gasteiger partial charge in [0.2, 0.25) is 5.91 Å². The molecule has 1 amide bonds. The fraction of sp³-hybridized carbons (Fsp3) is 0.909. The van der Waals surface area contributed by atoms with Gasteiger partial charge in [-0.1, -0.05) is 0 Å². The van der Waals surface area contributed by atoms with Crippen LogP contribution in [0.5, 0.6) is 0 Å². The van der Waals surface area contributed by atoms with Gasteiger partial charge in [-0.25, -0.2) is 0 Å². The van der Waals surface area contributed by atoms with E-state index in [0.717, 1.165) is 19.4 Å². The maximum Gasteiger partial charge on any atom is 0.239 e. The molecule has 0 bridgehead atoms. The third-order valence-corrected chi connectivity index (χ3v) is 3.52. The van der Waals surface area contributed by atoms with Gasteiger partial charge in [-0.2, -0.15) is 0 Å². The number of amides is 1. The predicted molar refractivity (Wildman–Crippen MR) is 59.2 cm³/mol. The zero-order valence-electron chi connectivity index (χ0n) is 9.75. The number of hydrogen-bond acceptors (Lipinski definition) is 4. The Morgan fingerprint density at radius 2 is 2.44 bits per heavy atom. The van der Waals surface area contributed by atoms with Gasteiger partial charge in [-0.15, -0.1) is 0 Å². The highest BCUT2D eigenvalue weighted by Crippen LogP contribution is 2.34. The maximum atomic E-state index is 11.8. The summed E-state index contributed by atoms with van der Waals surface area (Å²) in [6.07, 6.45) is 3.27. The van der Waals surface area contributed by atoms with Gasteiger partial charge in [0.1, 0.15) is 6.04 Å². The second-order valence-corrected chi connectivity index (χ2v) is 4.54. The number of morpholine rings is 1. The molecule has 1 saturated heterocycles. The normalized spacial score (nSPS) is 28.2. The molecule has 1 unspecified atom stereocenters. The maximum absolute atomic E-state index is 11.8. The van der Waals surface area contributed by atoms with E-state index in [2.05, 4.69) is 10.6 Å². The molecular formula is C11H20N2O3. The van der Waals surface area contributed by atoms with E-state index in [1.807, 2.05) is 0 Å².